The summed E-state index contributed by atoms with van der Waals surface area (Å²) in [5.41, 5.74) is 0.283. The highest BCUT2D eigenvalue weighted by Crippen LogP contribution is 2.11. The van der Waals surface area contributed by atoms with Crippen molar-refractivity contribution in [3.8, 4) is 5.75 Å². The first-order valence-corrected chi connectivity index (χ1v) is 8.67. The van der Waals surface area contributed by atoms with Gasteiger partial charge in [-0.2, -0.15) is 0 Å². The van der Waals surface area contributed by atoms with Crippen LogP contribution in [0.15, 0.2) is 24.3 Å². The number of carbonyl (C=O) groups excluding carboxylic acids is 3. The molecule has 2 amide bonds. The van der Waals surface area contributed by atoms with Crippen LogP contribution in [0.2, 0.25) is 0 Å². The lowest BCUT2D eigenvalue weighted by Gasteiger charge is -2.19. The summed E-state index contributed by atoms with van der Waals surface area (Å²) in [5.74, 6) is -0.259. The Labute approximate surface area is 159 Å². The summed E-state index contributed by atoms with van der Waals surface area (Å²) in [6.45, 7) is 7.09. The number of amides is 2. The van der Waals surface area contributed by atoms with Crippen LogP contribution in [0.4, 0.5) is 4.79 Å². The summed E-state index contributed by atoms with van der Waals surface area (Å²) in [6, 6.07) is 7.25. The molecular weight excluding hydrogens is 352 g/mol. The zero-order chi connectivity index (χ0) is 20.4. The molecule has 0 saturated carbocycles. The highest BCUT2D eigenvalue weighted by atomic mass is 16.6. The Bertz CT molecular complexity index is 637. The zero-order valence-electron chi connectivity index (χ0n) is 16.5. The Morgan fingerprint density at radius 2 is 1.70 bits per heavy atom. The number of methoxy groups -OCH3 is 1. The summed E-state index contributed by atoms with van der Waals surface area (Å²) in [6.07, 6.45) is -1.60. The van der Waals surface area contributed by atoms with E-state index >= 15 is 0 Å². The molecule has 2 N–H and O–H groups in total. The number of nitrogens with one attached hydrogen (secondary N) is 2. The molecule has 0 aliphatic carbocycles. The van der Waals surface area contributed by atoms with Crippen LogP contribution in [0.1, 0.15) is 39.7 Å². The fourth-order valence-electron chi connectivity index (χ4n) is 1.97. The number of carbonyl (C=O) groups is 3. The van der Waals surface area contributed by atoms with Gasteiger partial charge < -0.3 is 24.8 Å². The van der Waals surface area contributed by atoms with Gasteiger partial charge in [-0.05, 0) is 45.4 Å². The largest absolute Gasteiger partial charge is 0.497 e. The maximum absolute atomic E-state index is 12.0. The topological polar surface area (TPSA) is 103 Å². The molecule has 1 aromatic rings. The minimum atomic E-state index is -0.933. The third-order valence-electron chi connectivity index (χ3n) is 3.30. The van der Waals surface area contributed by atoms with Crippen LogP contribution in [-0.2, 0) is 25.6 Å². The molecule has 0 aliphatic heterocycles. The van der Waals surface area contributed by atoms with E-state index in [0.29, 0.717) is 6.54 Å². The van der Waals surface area contributed by atoms with Crippen molar-refractivity contribution in [1.29, 1.82) is 0 Å². The Balaban J connectivity index is 2.28. The maximum atomic E-state index is 12.0. The van der Waals surface area contributed by atoms with E-state index in [0.717, 1.165) is 11.3 Å². The third kappa shape index (κ3) is 9.48. The minimum Gasteiger partial charge on any atom is -0.497 e. The molecule has 1 rings (SSSR count). The molecule has 0 heterocycles. The first-order valence-electron chi connectivity index (χ1n) is 8.67. The fraction of sp³-hybridized carbons (Fsp3) is 0.526. The van der Waals surface area contributed by atoms with Crippen molar-refractivity contribution in [3.05, 3.63) is 29.8 Å². The van der Waals surface area contributed by atoms with Gasteiger partial charge in [-0.15, -0.1) is 0 Å². The molecule has 0 aromatic heterocycles. The van der Waals surface area contributed by atoms with E-state index in [1.54, 1.807) is 40.0 Å². The molecule has 150 valence electrons. The molecule has 0 radical (unpaired) electrons. The Hall–Kier alpha value is -2.77. The normalized spacial score (nSPS) is 11.9. The summed E-state index contributed by atoms with van der Waals surface area (Å²) < 4.78 is 15.2. The van der Waals surface area contributed by atoms with Gasteiger partial charge in [0.2, 0.25) is 0 Å². The van der Waals surface area contributed by atoms with E-state index in [9.17, 15) is 14.4 Å². The number of benzene rings is 1. The van der Waals surface area contributed by atoms with Gasteiger partial charge in [-0.3, -0.25) is 9.59 Å². The zero-order valence-corrected chi connectivity index (χ0v) is 16.5. The molecule has 0 aliphatic rings. The second kappa shape index (κ2) is 10.4. The number of rotatable bonds is 8. The van der Waals surface area contributed by atoms with Gasteiger partial charge in [0.05, 0.1) is 13.5 Å². The molecule has 8 nitrogen and oxygen atoms in total. The summed E-state index contributed by atoms with van der Waals surface area (Å²) in [4.78, 5) is 35.2. The van der Waals surface area contributed by atoms with Gasteiger partial charge in [-0.25, -0.2) is 4.79 Å². The van der Waals surface area contributed by atoms with Gasteiger partial charge in [0.15, 0.2) is 6.10 Å². The second-order valence-corrected chi connectivity index (χ2v) is 6.88. The van der Waals surface area contributed by atoms with E-state index in [4.69, 9.17) is 14.2 Å². The van der Waals surface area contributed by atoms with Crippen LogP contribution in [-0.4, -0.2) is 43.3 Å². The third-order valence-corrected chi connectivity index (χ3v) is 3.30. The van der Waals surface area contributed by atoms with Crippen LogP contribution < -0.4 is 15.4 Å². The molecule has 0 saturated heterocycles. The summed E-state index contributed by atoms with van der Waals surface area (Å²) >= 11 is 0. The van der Waals surface area contributed by atoms with Gasteiger partial charge in [0.1, 0.15) is 11.4 Å². The van der Waals surface area contributed by atoms with Gasteiger partial charge >= 0.3 is 12.1 Å². The van der Waals surface area contributed by atoms with Crippen molar-refractivity contribution < 1.29 is 28.6 Å². The van der Waals surface area contributed by atoms with E-state index in [-0.39, 0.29) is 13.0 Å². The molecule has 27 heavy (non-hydrogen) atoms. The van der Waals surface area contributed by atoms with Crippen LogP contribution in [0, 0.1) is 0 Å². The molecule has 0 fully saturated rings. The van der Waals surface area contributed by atoms with Crippen molar-refractivity contribution in [2.75, 3.05) is 13.7 Å². The molecule has 0 spiro atoms. The number of ether oxygens (including phenoxy) is 3. The highest BCUT2D eigenvalue weighted by Gasteiger charge is 2.19. The second-order valence-electron chi connectivity index (χ2n) is 6.88. The highest BCUT2D eigenvalue weighted by molar-refractivity contribution is 5.83. The Morgan fingerprint density at radius 3 is 2.26 bits per heavy atom. The quantitative estimate of drug-likeness (QED) is 0.670. The predicted molar refractivity (Wildman–Crippen MR) is 99.2 cm³/mol. The molecule has 1 aromatic carbocycles. The van der Waals surface area contributed by atoms with Crippen molar-refractivity contribution in [2.45, 2.75) is 52.4 Å². The van der Waals surface area contributed by atoms with Gasteiger partial charge in [0.25, 0.3) is 5.91 Å². The van der Waals surface area contributed by atoms with Crippen molar-refractivity contribution in [2.24, 2.45) is 0 Å². The van der Waals surface area contributed by atoms with E-state index in [1.165, 1.54) is 6.92 Å². The number of hydrogen-bond donors (Lipinski definition) is 2. The van der Waals surface area contributed by atoms with Crippen LogP contribution >= 0.6 is 0 Å². The lowest BCUT2D eigenvalue weighted by molar-refractivity contribution is -0.154. The average molecular weight is 380 g/mol. The minimum absolute atomic E-state index is 0.0602. The van der Waals surface area contributed by atoms with Crippen molar-refractivity contribution >= 4 is 18.0 Å². The molecule has 1 atom stereocenters. The summed E-state index contributed by atoms with van der Waals surface area (Å²) in [5, 5.41) is 5.15. The molecule has 8 heteroatoms. The Morgan fingerprint density at radius 1 is 1.07 bits per heavy atom. The fourth-order valence-corrected chi connectivity index (χ4v) is 1.97. The lowest BCUT2D eigenvalue weighted by Crippen LogP contribution is -2.37. The van der Waals surface area contributed by atoms with Crippen LogP contribution in [0.25, 0.3) is 0 Å². The SMILES string of the molecule is COc1ccc(CNC(=O)[C@@H](C)OC(=O)CCNC(=O)OC(C)(C)C)cc1. The monoisotopic (exact) mass is 380 g/mol. The standard InChI is InChI=1S/C19H28N2O6/c1-13(17(23)21-12-14-6-8-15(25-5)9-7-14)26-16(22)10-11-20-18(24)27-19(2,3)4/h6-9,13H,10-12H2,1-5H3,(H,20,24)(H,21,23)/t13-/m1/s1. The molecule has 0 bridgehead atoms. The number of esters is 1. The average Bonchev–Trinajstić information content (AvgIpc) is 2.58. The molecular formula is C19H28N2O6. The van der Waals surface area contributed by atoms with Crippen molar-refractivity contribution in [1.82, 2.24) is 10.6 Å². The van der Waals surface area contributed by atoms with Crippen LogP contribution in [0.5, 0.6) is 5.75 Å². The smallest absolute Gasteiger partial charge is 0.407 e. The maximum Gasteiger partial charge on any atom is 0.407 e. The lowest BCUT2D eigenvalue weighted by atomic mass is 10.2. The predicted octanol–water partition coefficient (Wildman–Crippen LogP) is 2.16. The van der Waals surface area contributed by atoms with Crippen molar-refractivity contribution in [3.63, 3.8) is 0 Å². The van der Waals surface area contributed by atoms with Gasteiger partial charge in [0, 0.05) is 13.1 Å². The Kier molecular flexibility index (Phi) is 8.58. The first kappa shape index (κ1) is 22.3. The van der Waals surface area contributed by atoms with E-state index in [2.05, 4.69) is 10.6 Å². The number of hydrogen-bond acceptors (Lipinski definition) is 6. The summed E-state index contributed by atoms with van der Waals surface area (Å²) in [7, 11) is 1.58. The molecule has 0 unspecified atom stereocenters. The number of alkyl carbamates (subject to hydrolysis) is 1. The van der Waals surface area contributed by atoms with Gasteiger partial charge in [-0.1, -0.05) is 12.1 Å². The van der Waals surface area contributed by atoms with E-state index in [1.807, 2.05) is 12.1 Å². The van der Waals surface area contributed by atoms with Crippen LogP contribution in [0.3, 0.4) is 0 Å². The first-order chi connectivity index (χ1) is 12.6. The van der Waals surface area contributed by atoms with E-state index < -0.39 is 29.7 Å².